The predicted molar refractivity (Wildman–Crippen MR) is 93.4 cm³/mol. The molecule has 4 heterocycles. The van der Waals surface area contributed by atoms with Crippen LogP contribution >= 0.6 is 0 Å². The number of nitrogens with zero attached hydrogens (tertiary/aromatic N) is 5. The van der Waals surface area contributed by atoms with Crippen LogP contribution in [0.4, 0.5) is 5.82 Å². The van der Waals surface area contributed by atoms with E-state index in [0.717, 1.165) is 48.9 Å². The van der Waals surface area contributed by atoms with Crippen molar-refractivity contribution in [3.63, 3.8) is 0 Å². The molecular weight excluding hydrogens is 320 g/mol. The number of anilines is 1. The van der Waals surface area contributed by atoms with Gasteiger partial charge in [-0.15, -0.1) is 0 Å². The van der Waals surface area contributed by atoms with Gasteiger partial charge in [0.2, 0.25) is 0 Å². The Bertz CT molecular complexity index is 864. The summed E-state index contributed by atoms with van der Waals surface area (Å²) in [5.74, 6) is 0.754. The third-order valence-electron chi connectivity index (χ3n) is 4.93. The number of nitrogen functional groups attached to an aromatic ring is 1. The average Bonchev–Trinajstić information content (AvgIpc) is 3.23. The number of pyridine rings is 1. The Morgan fingerprint density at radius 1 is 1.32 bits per heavy atom. The van der Waals surface area contributed by atoms with Crippen molar-refractivity contribution in [2.24, 2.45) is 5.73 Å². The number of nitrogens with one attached hydrogen (secondary N) is 1. The average molecular weight is 342 g/mol. The smallest absolute Gasteiger partial charge is 0.199 e. The van der Waals surface area contributed by atoms with Crippen LogP contribution < -0.4 is 11.5 Å². The van der Waals surface area contributed by atoms with Crippen LogP contribution in [0.5, 0.6) is 0 Å². The Kier molecular flexibility index (Phi) is 4.10. The standard InChI is InChI=1S/C16H22N8O/c1-2-12(24-5-3-9(17)4-6-24)10-7-19-8-11-13(10)21-16(20-11)14-15(18)23-25-22-14/h7-9,12H,2-6,17H2,1H3,(H2,18,23)(H,20,21). The van der Waals surface area contributed by atoms with Crippen LogP contribution in [0.25, 0.3) is 22.6 Å². The second-order valence-electron chi connectivity index (χ2n) is 6.50. The molecule has 25 heavy (non-hydrogen) atoms. The highest BCUT2D eigenvalue weighted by atomic mass is 16.6. The molecule has 9 heteroatoms. The number of hydrogen-bond donors (Lipinski definition) is 3. The minimum Gasteiger partial charge on any atom is -0.379 e. The maximum atomic E-state index is 6.05. The van der Waals surface area contributed by atoms with Gasteiger partial charge in [-0.1, -0.05) is 6.92 Å². The first kappa shape index (κ1) is 16.0. The topological polar surface area (TPSA) is 136 Å². The van der Waals surface area contributed by atoms with Crippen molar-refractivity contribution in [1.82, 2.24) is 30.2 Å². The van der Waals surface area contributed by atoms with E-state index in [1.165, 1.54) is 0 Å². The van der Waals surface area contributed by atoms with Crippen molar-refractivity contribution in [3.8, 4) is 11.5 Å². The minimum absolute atomic E-state index is 0.214. The van der Waals surface area contributed by atoms with Gasteiger partial charge in [-0.3, -0.25) is 9.88 Å². The van der Waals surface area contributed by atoms with E-state index in [1.807, 2.05) is 6.20 Å². The number of aromatic nitrogens is 5. The van der Waals surface area contributed by atoms with E-state index < -0.39 is 0 Å². The van der Waals surface area contributed by atoms with Gasteiger partial charge in [-0.25, -0.2) is 9.61 Å². The molecule has 3 aromatic rings. The van der Waals surface area contributed by atoms with Crippen LogP contribution in [-0.4, -0.2) is 49.3 Å². The highest BCUT2D eigenvalue weighted by molar-refractivity contribution is 5.82. The first-order valence-corrected chi connectivity index (χ1v) is 8.59. The van der Waals surface area contributed by atoms with E-state index in [4.69, 9.17) is 11.5 Å². The molecule has 0 spiro atoms. The van der Waals surface area contributed by atoms with Crippen molar-refractivity contribution >= 4 is 16.9 Å². The monoisotopic (exact) mass is 342 g/mol. The maximum absolute atomic E-state index is 6.05. The fraction of sp³-hybridized carbons (Fsp3) is 0.500. The lowest BCUT2D eigenvalue weighted by Crippen LogP contribution is -2.41. The lowest BCUT2D eigenvalue weighted by Gasteiger charge is -2.36. The van der Waals surface area contributed by atoms with Crippen molar-refractivity contribution in [1.29, 1.82) is 0 Å². The van der Waals surface area contributed by atoms with E-state index in [2.05, 4.69) is 41.7 Å². The largest absolute Gasteiger partial charge is 0.379 e. The molecule has 0 bridgehead atoms. The molecule has 5 N–H and O–H groups in total. The number of nitrogens with two attached hydrogens (primary N) is 2. The molecule has 0 aliphatic carbocycles. The second-order valence-corrected chi connectivity index (χ2v) is 6.50. The lowest BCUT2D eigenvalue weighted by molar-refractivity contribution is 0.149. The molecule has 1 aliphatic rings. The summed E-state index contributed by atoms with van der Waals surface area (Å²) in [5, 5.41) is 7.44. The van der Waals surface area contributed by atoms with Gasteiger partial charge in [0.05, 0.1) is 11.7 Å². The zero-order valence-corrected chi connectivity index (χ0v) is 14.1. The molecule has 1 unspecified atom stereocenters. The van der Waals surface area contributed by atoms with Gasteiger partial charge in [0.1, 0.15) is 5.52 Å². The van der Waals surface area contributed by atoms with Gasteiger partial charge in [0, 0.05) is 36.9 Å². The van der Waals surface area contributed by atoms with E-state index in [-0.39, 0.29) is 11.9 Å². The molecule has 1 saturated heterocycles. The predicted octanol–water partition coefficient (Wildman–Crippen LogP) is 1.46. The number of imidazole rings is 1. The Morgan fingerprint density at radius 3 is 2.80 bits per heavy atom. The summed E-state index contributed by atoms with van der Waals surface area (Å²) < 4.78 is 4.68. The van der Waals surface area contributed by atoms with Gasteiger partial charge in [-0.2, -0.15) is 0 Å². The normalized spacial score (nSPS) is 18.0. The Labute approximate surface area is 144 Å². The first-order chi connectivity index (χ1) is 12.2. The van der Waals surface area contributed by atoms with Gasteiger partial charge in [-0.05, 0) is 29.6 Å². The molecule has 1 fully saturated rings. The van der Waals surface area contributed by atoms with Gasteiger partial charge >= 0.3 is 0 Å². The zero-order chi connectivity index (χ0) is 17.4. The van der Waals surface area contributed by atoms with Crippen molar-refractivity contribution in [3.05, 3.63) is 18.0 Å². The number of rotatable bonds is 4. The molecule has 4 rings (SSSR count). The van der Waals surface area contributed by atoms with Crippen LogP contribution in [0.15, 0.2) is 17.0 Å². The third-order valence-corrected chi connectivity index (χ3v) is 4.93. The number of hydrogen-bond acceptors (Lipinski definition) is 8. The number of piperidine rings is 1. The molecule has 0 saturated carbocycles. The fourth-order valence-corrected chi connectivity index (χ4v) is 3.58. The van der Waals surface area contributed by atoms with E-state index in [1.54, 1.807) is 6.20 Å². The summed E-state index contributed by atoms with van der Waals surface area (Å²) in [4.78, 5) is 14.7. The molecule has 1 aliphatic heterocycles. The first-order valence-electron chi connectivity index (χ1n) is 8.59. The zero-order valence-electron chi connectivity index (χ0n) is 14.1. The van der Waals surface area contributed by atoms with Gasteiger partial charge in [0.25, 0.3) is 0 Å². The molecule has 3 aromatic heterocycles. The second kappa shape index (κ2) is 6.41. The van der Waals surface area contributed by atoms with E-state index in [0.29, 0.717) is 17.6 Å². The number of likely N-dealkylation sites (tertiary alicyclic amines) is 1. The van der Waals surface area contributed by atoms with Crippen LogP contribution in [0, 0.1) is 0 Å². The highest BCUT2D eigenvalue weighted by Crippen LogP contribution is 2.32. The molecule has 0 radical (unpaired) electrons. The number of aromatic amines is 1. The Morgan fingerprint density at radius 2 is 2.12 bits per heavy atom. The summed E-state index contributed by atoms with van der Waals surface area (Å²) in [6, 6.07) is 0.578. The van der Waals surface area contributed by atoms with Crippen LogP contribution in [-0.2, 0) is 0 Å². The van der Waals surface area contributed by atoms with Crippen LogP contribution in [0.3, 0.4) is 0 Å². The van der Waals surface area contributed by atoms with Crippen molar-refractivity contribution < 1.29 is 4.63 Å². The number of fused-ring (bicyclic) bond motifs is 1. The summed E-state index contributed by atoms with van der Waals surface area (Å²) >= 11 is 0. The SMILES string of the molecule is CCC(c1cncc2nc(-c3nonc3N)[nH]c12)N1CCC(N)CC1. The highest BCUT2D eigenvalue weighted by Gasteiger charge is 2.26. The number of H-pyrrole nitrogens is 1. The lowest BCUT2D eigenvalue weighted by atomic mass is 9.98. The Balaban J connectivity index is 1.73. The summed E-state index contributed by atoms with van der Waals surface area (Å²) in [7, 11) is 0. The molecule has 9 nitrogen and oxygen atoms in total. The van der Waals surface area contributed by atoms with Gasteiger partial charge < -0.3 is 16.5 Å². The summed E-state index contributed by atoms with van der Waals surface area (Å²) in [6.45, 7) is 4.18. The maximum Gasteiger partial charge on any atom is 0.199 e. The summed E-state index contributed by atoms with van der Waals surface area (Å²) in [6.07, 6.45) is 6.68. The molecule has 132 valence electrons. The molecule has 1 atom stereocenters. The molecule has 0 aromatic carbocycles. The quantitative estimate of drug-likeness (QED) is 0.648. The van der Waals surface area contributed by atoms with Crippen LogP contribution in [0.2, 0.25) is 0 Å². The van der Waals surface area contributed by atoms with Gasteiger partial charge in [0.15, 0.2) is 17.3 Å². The fourth-order valence-electron chi connectivity index (χ4n) is 3.58. The van der Waals surface area contributed by atoms with Crippen molar-refractivity contribution in [2.75, 3.05) is 18.8 Å². The minimum atomic E-state index is 0.214. The Hall–Kier alpha value is -2.52. The van der Waals surface area contributed by atoms with E-state index >= 15 is 0 Å². The molecule has 0 amide bonds. The molecular formula is C16H22N8O. The van der Waals surface area contributed by atoms with E-state index in [9.17, 15) is 0 Å². The summed E-state index contributed by atoms with van der Waals surface area (Å²) in [5.41, 5.74) is 15.1. The van der Waals surface area contributed by atoms with Crippen molar-refractivity contribution in [2.45, 2.75) is 38.3 Å². The van der Waals surface area contributed by atoms with Crippen LogP contribution in [0.1, 0.15) is 37.8 Å². The third kappa shape index (κ3) is 2.85.